The van der Waals surface area contributed by atoms with Crippen molar-refractivity contribution in [2.75, 3.05) is 56.5 Å². The number of piperazine rings is 1. The molecule has 1 aliphatic carbocycles. The van der Waals surface area contributed by atoms with Crippen LogP contribution in [0.3, 0.4) is 0 Å². The van der Waals surface area contributed by atoms with Gasteiger partial charge in [0.25, 0.3) is 0 Å². The second-order valence-electron chi connectivity index (χ2n) is 11.0. The van der Waals surface area contributed by atoms with Gasteiger partial charge in [0.05, 0.1) is 0 Å². The third-order valence-electron chi connectivity index (χ3n) is 8.13. The van der Waals surface area contributed by atoms with E-state index >= 15 is 0 Å². The van der Waals surface area contributed by atoms with E-state index < -0.39 is 0 Å². The third-order valence-corrected chi connectivity index (χ3v) is 8.13. The SMILES string of the molecule is Cc1cc(Nc2cc(N3CCN(C)CC3)nc(CC3CCCN(C(=O)C4CCCCC4)CC3)n2)n[nH]1. The zero-order chi connectivity index (χ0) is 24.9. The van der Waals surface area contributed by atoms with Crippen LogP contribution in [0.5, 0.6) is 0 Å². The molecule has 196 valence electrons. The summed E-state index contributed by atoms with van der Waals surface area (Å²) in [6, 6.07) is 4.04. The van der Waals surface area contributed by atoms with Crippen molar-refractivity contribution in [2.24, 2.45) is 11.8 Å². The minimum atomic E-state index is 0.262. The smallest absolute Gasteiger partial charge is 0.225 e. The number of nitrogens with zero attached hydrogens (tertiary/aromatic N) is 6. The van der Waals surface area contributed by atoms with Crippen LogP contribution < -0.4 is 10.2 Å². The highest BCUT2D eigenvalue weighted by Crippen LogP contribution is 2.29. The van der Waals surface area contributed by atoms with Crippen LogP contribution >= 0.6 is 0 Å². The molecule has 0 spiro atoms. The molecule has 2 N–H and O–H groups in total. The van der Waals surface area contributed by atoms with E-state index in [9.17, 15) is 4.79 Å². The Morgan fingerprint density at radius 2 is 1.75 bits per heavy atom. The normalized spacial score (nSPS) is 22.4. The first kappa shape index (κ1) is 25.0. The third kappa shape index (κ3) is 6.35. The lowest BCUT2D eigenvalue weighted by Crippen LogP contribution is -2.45. The standard InChI is InChI=1S/C27H42N8O/c1-20-17-25(32-31-20)29-24-19-26(34-15-13-33(2)14-16-34)30-23(28-24)18-21-7-6-11-35(12-10-21)27(36)22-8-4-3-5-9-22/h17,19,21-22H,3-16,18H2,1-2H3,(H2,28,29,30,31,32). The van der Waals surface area contributed by atoms with Gasteiger partial charge in [0.1, 0.15) is 17.5 Å². The van der Waals surface area contributed by atoms with Crippen LogP contribution in [0, 0.1) is 18.8 Å². The van der Waals surface area contributed by atoms with Gasteiger partial charge in [-0.3, -0.25) is 9.89 Å². The lowest BCUT2D eigenvalue weighted by atomic mass is 9.88. The Bertz CT molecular complexity index is 1010. The van der Waals surface area contributed by atoms with Crippen molar-refractivity contribution in [2.45, 2.75) is 64.7 Å². The molecule has 1 saturated carbocycles. The van der Waals surface area contributed by atoms with Crippen molar-refractivity contribution < 1.29 is 4.79 Å². The largest absolute Gasteiger partial charge is 0.354 e. The summed E-state index contributed by atoms with van der Waals surface area (Å²) in [5.74, 6) is 4.61. The topological polar surface area (TPSA) is 93.3 Å². The summed E-state index contributed by atoms with van der Waals surface area (Å²) in [4.78, 5) is 29.9. The molecule has 0 aromatic carbocycles. The molecule has 3 aliphatic rings. The Morgan fingerprint density at radius 1 is 0.944 bits per heavy atom. The van der Waals surface area contributed by atoms with Gasteiger partial charge in [-0.05, 0) is 52.0 Å². The predicted molar refractivity (Wildman–Crippen MR) is 143 cm³/mol. The number of hydrogen-bond acceptors (Lipinski definition) is 7. The molecule has 1 atom stereocenters. The number of aromatic nitrogens is 4. The zero-order valence-corrected chi connectivity index (χ0v) is 22.0. The molecular formula is C27H42N8O. The molecule has 5 rings (SSSR count). The van der Waals surface area contributed by atoms with E-state index in [4.69, 9.17) is 9.97 Å². The number of aryl methyl sites for hydroxylation is 1. The van der Waals surface area contributed by atoms with Crippen molar-refractivity contribution in [3.63, 3.8) is 0 Å². The predicted octanol–water partition coefficient (Wildman–Crippen LogP) is 3.76. The monoisotopic (exact) mass is 494 g/mol. The molecule has 9 nitrogen and oxygen atoms in total. The Balaban J connectivity index is 1.27. The summed E-state index contributed by atoms with van der Waals surface area (Å²) in [7, 11) is 2.17. The first-order valence-electron chi connectivity index (χ1n) is 13.9. The van der Waals surface area contributed by atoms with Gasteiger partial charge < -0.3 is 20.0 Å². The Kier molecular flexibility index (Phi) is 8.04. The molecule has 0 radical (unpaired) electrons. The number of carbonyl (C=O) groups is 1. The molecule has 4 heterocycles. The summed E-state index contributed by atoms with van der Waals surface area (Å²) in [5, 5.41) is 10.7. The summed E-state index contributed by atoms with van der Waals surface area (Å²) in [6.07, 6.45) is 9.94. The Morgan fingerprint density at radius 3 is 2.50 bits per heavy atom. The molecule has 2 saturated heterocycles. The molecule has 3 fully saturated rings. The second kappa shape index (κ2) is 11.6. The maximum Gasteiger partial charge on any atom is 0.225 e. The number of nitrogens with one attached hydrogen (secondary N) is 2. The van der Waals surface area contributed by atoms with Gasteiger partial charge in [-0.15, -0.1) is 0 Å². The van der Waals surface area contributed by atoms with Crippen LogP contribution in [-0.4, -0.2) is 82.2 Å². The van der Waals surface area contributed by atoms with Gasteiger partial charge >= 0.3 is 0 Å². The lowest BCUT2D eigenvalue weighted by molar-refractivity contribution is -0.136. The molecule has 2 aromatic rings. The molecule has 2 aliphatic heterocycles. The van der Waals surface area contributed by atoms with Gasteiger partial charge in [-0.1, -0.05) is 19.3 Å². The van der Waals surface area contributed by atoms with Crippen LogP contribution in [0.15, 0.2) is 12.1 Å². The first-order chi connectivity index (χ1) is 17.5. The van der Waals surface area contributed by atoms with Crippen LogP contribution in [0.2, 0.25) is 0 Å². The van der Waals surface area contributed by atoms with Crippen molar-refractivity contribution in [1.29, 1.82) is 0 Å². The molecule has 2 aromatic heterocycles. The number of anilines is 3. The van der Waals surface area contributed by atoms with Gasteiger partial charge in [0, 0.05) is 69.4 Å². The lowest BCUT2D eigenvalue weighted by Gasteiger charge is -2.33. The van der Waals surface area contributed by atoms with E-state index in [-0.39, 0.29) is 5.92 Å². The van der Waals surface area contributed by atoms with Crippen molar-refractivity contribution in [3.05, 3.63) is 23.7 Å². The highest BCUT2D eigenvalue weighted by Gasteiger charge is 2.28. The van der Waals surface area contributed by atoms with Crippen molar-refractivity contribution in [3.8, 4) is 0 Å². The van der Waals surface area contributed by atoms with E-state index in [1.165, 1.54) is 19.3 Å². The minimum absolute atomic E-state index is 0.262. The van der Waals surface area contributed by atoms with E-state index in [2.05, 4.69) is 43.3 Å². The number of likely N-dealkylation sites (tertiary alicyclic amines) is 1. The fraction of sp³-hybridized carbons (Fsp3) is 0.704. The highest BCUT2D eigenvalue weighted by atomic mass is 16.2. The van der Waals surface area contributed by atoms with Crippen molar-refractivity contribution in [1.82, 2.24) is 30.0 Å². The van der Waals surface area contributed by atoms with E-state index in [1.54, 1.807) is 0 Å². The number of rotatable bonds is 6. The highest BCUT2D eigenvalue weighted by molar-refractivity contribution is 5.79. The van der Waals surface area contributed by atoms with Gasteiger partial charge in [-0.2, -0.15) is 5.10 Å². The molecule has 9 heteroatoms. The number of carbonyl (C=O) groups excluding carboxylic acids is 1. The van der Waals surface area contributed by atoms with Crippen LogP contribution in [-0.2, 0) is 11.2 Å². The molecular weight excluding hydrogens is 452 g/mol. The number of likely N-dealkylation sites (N-methyl/N-ethyl adjacent to an activating group) is 1. The van der Waals surface area contributed by atoms with Gasteiger partial charge in [-0.25, -0.2) is 9.97 Å². The molecule has 36 heavy (non-hydrogen) atoms. The summed E-state index contributed by atoms with van der Waals surface area (Å²) in [5.41, 5.74) is 1.01. The number of amides is 1. The molecule has 0 bridgehead atoms. The minimum Gasteiger partial charge on any atom is -0.354 e. The quantitative estimate of drug-likeness (QED) is 0.632. The summed E-state index contributed by atoms with van der Waals surface area (Å²) in [6.45, 7) is 7.77. The number of hydrogen-bond donors (Lipinski definition) is 2. The van der Waals surface area contributed by atoms with Crippen LogP contribution in [0.4, 0.5) is 17.5 Å². The van der Waals surface area contributed by atoms with Gasteiger partial charge in [0.2, 0.25) is 5.91 Å². The summed E-state index contributed by atoms with van der Waals surface area (Å²) >= 11 is 0. The molecule has 1 unspecified atom stereocenters. The maximum atomic E-state index is 13.1. The van der Waals surface area contributed by atoms with Crippen molar-refractivity contribution >= 4 is 23.4 Å². The fourth-order valence-electron chi connectivity index (χ4n) is 5.91. The Hall–Kier alpha value is -2.68. The maximum absolute atomic E-state index is 13.1. The van der Waals surface area contributed by atoms with Crippen LogP contribution in [0.25, 0.3) is 0 Å². The average Bonchev–Trinajstić information content (AvgIpc) is 3.15. The summed E-state index contributed by atoms with van der Waals surface area (Å²) < 4.78 is 0. The van der Waals surface area contributed by atoms with Crippen LogP contribution in [0.1, 0.15) is 62.9 Å². The fourth-order valence-corrected chi connectivity index (χ4v) is 5.91. The van der Waals surface area contributed by atoms with E-state index in [0.717, 1.165) is 107 Å². The van der Waals surface area contributed by atoms with E-state index in [0.29, 0.717) is 11.8 Å². The second-order valence-corrected chi connectivity index (χ2v) is 11.0. The number of H-pyrrole nitrogens is 1. The van der Waals surface area contributed by atoms with E-state index in [1.807, 2.05) is 13.0 Å². The molecule has 1 amide bonds. The zero-order valence-electron chi connectivity index (χ0n) is 22.0. The van der Waals surface area contributed by atoms with Gasteiger partial charge in [0.15, 0.2) is 5.82 Å². The Labute approximate surface area is 215 Å². The number of aromatic amines is 1. The average molecular weight is 495 g/mol. The first-order valence-corrected chi connectivity index (χ1v) is 13.9.